The topological polar surface area (TPSA) is 3.24 Å². The predicted octanol–water partition coefficient (Wildman–Crippen LogP) is 14.0. The molecule has 11 rings (SSSR count). The van der Waals surface area contributed by atoms with Crippen LogP contribution in [0.3, 0.4) is 0 Å². The van der Waals surface area contributed by atoms with Crippen LogP contribution in [-0.2, 0) is 5.41 Å². The van der Waals surface area contributed by atoms with Gasteiger partial charge in [0, 0.05) is 16.8 Å². The van der Waals surface area contributed by atoms with Gasteiger partial charge in [0.1, 0.15) is 0 Å². The molecule has 0 atom stereocenters. The van der Waals surface area contributed by atoms with Crippen LogP contribution in [-0.4, -0.2) is 0 Å². The molecule has 0 bridgehead atoms. The van der Waals surface area contributed by atoms with Gasteiger partial charge in [-0.1, -0.05) is 182 Å². The van der Waals surface area contributed by atoms with Crippen molar-refractivity contribution in [3.05, 3.63) is 234 Å². The Bertz CT molecular complexity index is 3080. The molecule has 1 spiro atoms. The molecule has 2 aliphatic rings. The molecule has 1 nitrogen and oxygen atoms in total. The normalized spacial score (nSPS) is 14.3. The quantitative estimate of drug-likeness (QED) is 0.174. The van der Waals surface area contributed by atoms with Crippen molar-refractivity contribution in [3.63, 3.8) is 0 Å². The number of hydrogen-bond donors (Lipinski definition) is 0. The van der Waals surface area contributed by atoms with Gasteiger partial charge in [-0.05, 0) is 102 Å². The van der Waals surface area contributed by atoms with Gasteiger partial charge in [-0.3, -0.25) is 0 Å². The van der Waals surface area contributed by atoms with Gasteiger partial charge in [0.2, 0.25) is 0 Å². The molecule has 0 aromatic heterocycles. The molecule has 252 valence electrons. The fraction of sp³-hybridized carbons (Fsp3) is 0.0189. The predicted molar refractivity (Wildman–Crippen MR) is 226 cm³/mol. The molecule has 0 saturated heterocycles. The SMILES string of the molecule is [2H]c1c([2H])c([2H])c(-c2ccc(N(c3ccc(-c4ccccc4)cc3)c3cc4c(c5ccccc35)-c3ccccc3C43c4ccccc4-c4ccccc43)cc2)c([2H])c1[2H]. The Morgan fingerprint density at radius 1 is 0.370 bits per heavy atom. The maximum Gasteiger partial charge on any atom is 0.0726 e. The maximum atomic E-state index is 8.69. The smallest absolute Gasteiger partial charge is 0.0726 e. The molecule has 0 fully saturated rings. The second kappa shape index (κ2) is 12.0. The van der Waals surface area contributed by atoms with E-state index in [1.807, 2.05) is 30.3 Å². The van der Waals surface area contributed by atoms with E-state index in [1.54, 1.807) is 0 Å². The van der Waals surface area contributed by atoms with E-state index in [0.29, 0.717) is 5.56 Å². The zero-order valence-electron chi connectivity index (χ0n) is 34.3. The molecule has 9 aromatic rings. The molecular weight excluding hydrogens is 651 g/mol. The van der Waals surface area contributed by atoms with E-state index in [4.69, 9.17) is 6.85 Å². The Balaban J connectivity index is 1.19. The average Bonchev–Trinajstić information content (AvgIpc) is 3.76. The van der Waals surface area contributed by atoms with Crippen LogP contribution < -0.4 is 4.90 Å². The Morgan fingerprint density at radius 2 is 0.833 bits per heavy atom. The van der Waals surface area contributed by atoms with Crippen molar-refractivity contribution in [1.82, 2.24) is 0 Å². The first kappa shape index (κ1) is 25.9. The van der Waals surface area contributed by atoms with Crippen LogP contribution in [0, 0.1) is 0 Å². The van der Waals surface area contributed by atoms with Gasteiger partial charge in [0.25, 0.3) is 0 Å². The number of benzene rings is 9. The van der Waals surface area contributed by atoms with Gasteiger partial charge in [-0.15, -0.1) is 0 Å². The van der Waals surface area contributed by atoms with E-state index in [-0.39, 0.29) is 29.7 Å². The Labute approximate surface area is 323 Å². The molecule has 1 heteroatoms. The average molecular weight is 691 g/mol. The minimum Gasteiger partial charge on any atom is -0.310 e. The summed E-state index contributed by atoms with van der Waals surface area (Å²) in [6, 6.07) is 62.9. The number of rotatable bonds is 5. The lowest BCUT2D eigenvalue weighted by Gasteiger charge is -2.33. The largest absolute Gasteiger partial charge is 0.310 e. The summed E-state index contributed by atoms with van der Waals surface area (Å²) in [5, 5.41) is 2.26. The van der Waals surface area contributed by atoms with Gasteiger partial charge >= 0.3 is 0 Å². The van der Waals surface area contributed by atoms with Crippen molar-refractivity contribution in [1.29, 1.82) is 0 Å². The van der Waals surface area contributed by atoms with Crippen molar-refractivity contribution >= 4 is 27.8 Å². The standard InChI is InChI=1S/C53H35N/c1-3-15-36(16-4-1)38-27-31-40(32-28-38)54(41-33-29-39(30-34-41)37-17-5-2-6-18-37)51-35-50-52(45-22-8-7-21-44(45)51)46-23-11-14-26-49(46)53(50)47-24-12-9-19-42(47)43-20-10-13-25-48(43)53/h1-35H/i1D,3D,4D,15D,16D. The Morgan fingerprint density at radius 3 is 1.44 bits per heavy atom. The van der Waals surface area contributed by atoms with Crippen molar-refractivity contribution < 1.29 is 6.85 Å². The first-order chi connectivity index (χ1) is 28.9. The van der Waals surface area contributed by atoms with Crippen LogP contribution in [0.15, 0.2) is 212 Å². The second-order valence-electron chi connectivity index (χ2n) is 14.0. The van der Waals surface area contributed by atoms with E-state index in [0.717, 1.165) is 39.0 Å². The maximum absolute atomic E-state index is 8.69. The van der Waals surface area contributed by atoms with Gasteiger partial charge in [-0.25, -0.2) is 0 Å². The second-order valence-corrected chi connectivity index (χ2v) is 14.0. The lowest BCUT2D eigenvalue weighted by atomic mass is 9.70. The Kier molecular flexibility index (Phi) is 5.78. The van der Waals surface area contributed by atoms with Crippen molar-refractivity contribution in [2.24, 2.45) is 0 Å². The van der Waals surface area contributed by atoms with Crippen LogP contribution >= 0.6 is 0 Å². The molecule has 0 saturated carbocycles. The van der Waals surface area contributed by atoms with Gasteiger partial charge in [0.15, 0.2) is 0 Å². The van der Waals surface area contributed by atoms with Crippen molar-refractivity contribution in [2.45, 2.75) is 5.41 Å². The molecular formula is C53H35N. The molecule has 0 amide bonds. The molecule has 0 heterocycles. The minimum atomic E-state index is -0.550. The van der Waals surface area contributed by atoms with Crippen LogP contribution in [0.2, 0.25) is 0 Å². The van der Waals surface area contributed by atoms with Gasteiger partial charge < -0.3 is 4.90 Å². The first-order valence-corrected chi connectivity index (χ1v) is 18.4. The monoisotopic (exact) mass is 690 g/mol. The summed E-state index contributed by atoms with van der Waals surface area (Å²) < 4.78 is 42.2. The van der Waals surface area contributed by atoms with Crippen LogP contribution in [0.25, 0.3) is 55.3 Å². The van der Waals surface area contributed by atoms with E-state index in [9.17, 15) is 0 Å². The van der Waals surface area contributed by atoms with Gasteiger partial charge in [0.05, 0.1) is 18.0 Å². The lowest BCUT2D eigenvalue weighted by molar-refractivity contribution is 0.794. The first-order valence-electron chi connectivity index (χ1n) is 20.9. The molecule has 0 radical (unpaired) electrons. The van der Waals surface area contributed by atoms with Crippen LogP contribution in [0.1, 0.15) is 29.1 Å². The molecule has 54 heavy (non-hydrogen) atoms. The van der Waals surface area contributed by atoms with E-state index < -0.39 is 11.5 Å². The fourth-order valence-electron chi connectivity index (χ4n) is 9.15. The molecule has 0 aliphatic heterocycles. The number of fused-ring (bicyclic) bond motifs is 12. The Hall–Kier alpha value is -6.96. The fourth-order valence-corrected chi connectivity index (χ4v) is 9.15. The highest BCUT2D eigenvalue weighted by atomic mass is 15.1. The van der Waals surface area contributed by atoms with Crippen molar-refractivity contribution in [3.8, 4) is 44.5 Å². The highest BCUT2D eigenvalue weighted by Gasteiger charge is 2.52. The highest BCUT2D eigenvalue weighted by Crippen LogP contribution is 2.64. The van der Waals surface area contributed by atoms with E-state index >= 15 is 0 Å². The van der Waals surface area contributed by atoms with Gasteiger partial charge in [-0.2, -0.15) is 0 Å². The zero-order chi connectivity index (χ0) is 40.0. The number of hydrogen-bond acceptors (Lipinski definition) is 1. The summed E-state index contributed by atoms with van der Waals surface area (Å²) in [6.07, 6.45) is 0. The molecule has 2 aliphatic carbocycles. The third kappa shape index (κ3) is 4.39. The molecule has 0 N–H and O–H groups in total. The number of anilines is 3. The molecule has 0 unspecified atom stereocenters. The highest BCUT2D eigenvalue weighted by molar-refractivity contribution is 6.12. The summed E-state index contributed by atoms with van der Waals surface area (Å²) in [7, 11) is 0. The zero-order valence-corrected chi connectivity index (χ0v) is 29.3. The minimum absolute atomic E-state index is 0.183. The number of nitrogens with zero attached hydrogens (tertiary/aromatic N) is 1. The summed E-state index contributed by atoms with van der Waals surface area (Å²) >= 11 is 0. The third-order valence-electron chi connectivity index (χ3n) is 11.4. The van der Waals surface area contributed by atoms with Crippen LogP contribution in [0.4, 0.5) is 17.1 Å². The van der Waals surface area contributed by atoms with Crippen molar-refractivity contribution in [2.75, 3.05) is 4.90 Å². The molecule has 9 aromatic carbocycles. The summed E-state index contributed by atoms with van der Waals surface area (Å²) in [5.41, 5.74) is 15.3. The lowest BCUT2D eigenvalue weighted by Crippen LogP contribution is -2.26. The summed E-state index contributed by atoms with van der Waals surface area (Å²) in [6.45, 7) is 0. The van der Waals surface area contributed by atoms with E-state index in [2.05, 4.69) is 157 Å². The van der Waals surface area contributed by atoms with Crippen LogP contribution in [0.5, 0.6) is 0 Å². The third-order valence-corrected chi connectivity index (χ3v) is 11.4. The summed E-state index contributed by atoms with van der Waals surface area (Å²) in [4.78, 5) is 2.30. The van der Waals surface area contributed by atoms with E-state index in [1.165, 1.54) is 44.5 Å². The summed E-state index contributed by atoms with van der Waals surface area (Å²) in [5.74, 6) is 0.